The van der Waals surface area contributed by atoms with Gasteiger partial charge >= 0.3 is 6.03 Å². The van der Waals surface area contributed by atoms with Crippen molar-refractivity contribution in [2.75, 3.05) is 32.5 Å². The highest BCUT2D eigenvalue weighted by molar-refractivity contribution is 7.99. The van der Waals surface area contributed by atoms with E-state index in [9.17, 15) is 4.79 Å². The molecule has 1 fully saturated rings. The van der Waals surface area contributed by atoms with Crippen LogP contribution in [0.5, 0.6) is 0 Å². The van der Waals surface area contributed by atoms with Crippen LogP contribution in [-0.2, 0) is 4.74 Å². The molecule has 1 aromatic carbocycles. The quantitative estimate of drug-likeness (QED) is 0.581. The summed E-state index contributed by atoms with van der Waals surface area (Å²) < 4.78 is 5.60. The molecule has 0 saturated carbocycles. The van der Waals surface area contributed by atoms with Crippen LogP contribution in [-0.4, -0.2) is 49.5 Å². The average molecular weight is 337 g/mol. The van der Waals surface area contributed by atoms with Crippen LogP contribution in [0.2, 0.25) is 0 Å². The van der Waals surface area contributed by atoms with Crippen LogP contribution in [0.25, 0.3) is 0 Å². The van der Waals surface area contributed by atoms with Gasteiger partial charge in [-0.3, -0.25) is 0 Å². The second kappa shape index (κ2) is 9.83. The summed E-state index contributed by atoms with van der Waals surface area (Å²) in [7, 11) is 1.86. The first-order chi connectivity index (χ1) is 11.1. The summed E-state index contributed by atoms with van der Waals surface area (Å²) in [6.45, 7) is 4.47. The Morgan fingerprint density at radius 2 is 2.17 bits per heavy atom. The van der Waals surface area contributed by atoms with Gasteiger partial charge in [-0.05, 0) is 44.7 Å². The minimum absolute atomic E-state index is 0.0156. The molecule has 0 aliphatic carbocycles. The Bertz CT molecular complexity index is 472. The normalized spacial score (nSPS) is 17.2. The lowest BCUT2D eigenvalue weighted by atomic mass is 10.1. The SMILES string of the molecule is Cc1ccc(SCCNC(=O)N(C)CCC[C@H]2CCCO2)cc1. The molecule has 0 radical (unpaired) electrons. The molecule has 0 unspecified atom stereocenters. The molecule has 2 amide bonds. The molecule has 0 bridgehead atoms. The number of benzene rings is 1. The first-order valence-corrected chi connectivity index (χ1v) is 9.44. The van der Waals surface area contributed by atoms with Crippen molar-refractivity contribution in [2.24, 2.45) is 0 Å². The topological polar surface area (TPSA) is 41.6 Å². The van der Waals surface area contributed by atoms with Crippen LogP contribution < -0.4 is 5.32 Å². The molecule has 0 spiro atoms. The van der Waals surface area contributed by atoms with Crippen molar-refractivity contribution in [1.82, 2.24) is 10.2 Å². The van der Waals surface area contributed by atoms with E-state index in [1.54, 1.807) is 16.7 Å². The summed E-state index contributed by atoms with van der Waals surface area (Å²) >= 11 is 1.77. The van der Waals surface area contributed by atoms with Gasteiger partial charge in [-0.1, -0.05) is 17.7 Å². The van der Waals surface area contributed by atoms with Gasteiger partial charge in [-0.2, -0.15) is 0 Å². The van der Waals surface area contributed by atoms with Crippen molar-refractivity contribution in [3.8, 4) is 0 Å². The summed E-state index contributed by atoms with van der Waals surface area (Å²) in [4.78, 5) is 15.0. The Labute approximate surface area is 144 Å². The number of nitrogens with one attached hydrogen (secondary N) is 1. The molecule has 1 saturated heterocycles. The van der Waals surface area contributed by atoms with E-state index in [0.717, 1.165) is 31.7 Å². The zero-order valence-electron chi connectivity index (χ0n) is 14.2. The third kappa shape index (κ3) is 6.83. The Balaban J connectivity index is 1.53. The van der Waals surface area contributed by atoms with Crippen molar-refractivity contribution in [2.45, 2.75) is 43.6 Å². The summed E-state index contributed by atoms with van der Waals surface area (Å²) in [5.41, 5.74) is 1.27. The van der Waals surface area contributed by atoms with Crippen LogP contribution in [0.1, 0.15) is 31.2 Å². The minimum atomic E-state index is 0.0156. The lowest BCUT2D eigenvalue weighted by Crippen LogP contribution is -2.38. The minimum Gasteiger partial charge on any atom is -0.378 e. The number of rotatable bonds is 8. The molecular formula is C18H28N2O2S. The lowest BCUT2D eigenvalue weighted by molar-refractivity contribution is 0.100. The Morgan fingerprint density at radius 1 is 1.39 bits per heavy atom. The maximum absolute atomic E-state index is 12.0. The number of carbonyl (C=O) groups excluding carboxylic acids is 1. The number of amides is 2. The van der Waals surface area contributed by atoms with E-state index >= 15 is 0 Å². The molecule has 0 aromatic heterocycles. The van der Waals surface area contributed by atoms with Crippen molar-refractivity contribution in [1.29, 1.82) is 0 Å². The van der Waals surface area contributed by atoms with Crippen molar-refractivity contribution in [3.63, 3.8) is 0 Å². The predicted molar refractivity (Wildman–Crippen MR) is 96.1 cm³/mol. The molecule has 1 atom stereocenters. The molecule has 23 heavy (non-hydrogen) atoms. The van der Waals surface area contributed by atoms with Gasteiger partial charge in [0.2, 0.25) is 0 Å². The molecule has 1 aliphatic heterocycles. The largest absolute Gasteiger partial charge is 0.378 e. The molecule has 5 heteroatoms. The zero-order valence-corrected chi connectivity index (χ0v) is 15.0. The molecule has 1 heterocycles. The third-order valence-electron chi connectivity index (χ3n) is 4.06. The van der Waals surface area contributed by atoms with Crippen LogP contribution in [0.3, 0.4) is 0 Å². The maximum atomic E-state index is 12.0. The van der Waals surface area contributed by atoms with E-state index in [1.807, 2.05) is 7.05 Å². The highest BCUT2D eigenvalue weighted by atomic mass is 32.2. The average Bonchev–Trinajstić information content (AvgIpc) is 3.06. The molecular weight excluding hydrogens is 308 g/mol. The molecule has 1 aliphatic rings. The van der Waals surface area contributed by atoms with Crippen LogP contribution in [0.4, 0.5) is 4.79 Å². The van der Waals surface area contributed by atoms with Gasteiger partial charge in [-0.15, -0.1) is 11.8 Å². The Morgan fingerprint density at radius 3 is 2.87 bits per heavy atom. The van der Waals surface area contributed by atoms with Gasteiger partial charge in [0.05, 0.1) is 6.10 Å². The van der Waals surface area contributed by atoms with Gasteiger partial charge in [0.15, 0.2) is 0 Å². The zero-order chi connectivity index (χ0) is 16.5. The molecule has 1 aromatic rings. The maximum Gasteiger partial charge on any atom is 0.317 e. The highest BCUT2D eigenvalue weighted by Crippen LogP contribution is 2.18. The second-order valence-corrected chi connectivity index (χ2v) is 7.26. The number of urea groups is 1. The van der Waals surface area contributed by atoms with Gasteiger partial charge < -0.3 is 15.0 Å². The van der Waals surface area contributed by atoms with E-state index in [-0.39, 0.29) is 6.03 Å². The number of nitrogens with zero attached hydrogens (tertiary/aromatic N) is 1. The highest BCUT2D eigenvalue weighted by Gasteiger charge is 2.15. The van der Waals surface area contributed by atoms with Gasteiger partial charge in [0.1, 0.15) is 0 Å². The number of thioether (sulfide) groups is 1. The van der Waals surface area contributed by atoms with Gasteiger partial charge in [-0.25, -0.2) is 4.79 Å². The number of ether oxygens (including phenoxy) is 1. The van der Waals surface area contributed by atoms with E-state index < -0.39 is 0 Å². The van der Waals surface area contributed by atoms with Crippen LogP contribution in [0, 0.1) is 6.92 Å². The van der Waals surface area contributed by atoms with E-state index in [4.69, 9.17) is 4.74 Å². The van der Waals surface area contributed by atoms with Crippen molar-refractivity contribution >= 4 is 17.8 Å². The molecule has 2 rings (SSSR count). The molecule has 4 nitrogen and oxygen atoms in total. The number of hydrogen-bond acceptors (Lipinski definition) is 3. The Kier molecular flexibility index (Phi) is 7.76. The van der Waals surface area contributed by atoms with Crippen molar-refractivity contribution in [3.05, 3.63) is 29.8 Å². The van der Waals surface area contributed by atoms with Crippen molar-refractivity contribution < 1.29 is 9.53 Å². The monoisotopic (exact) mass is 336 g/mol. The third-order valence-corrected chi connectivity index (χ3v) is 5.07. The van der Waals surface area contributed by atoms with E-state index in [0.29, 0.717) is 12.6 Å². The number of carbonyl (C=O) groups is 1. The van der Waals surface area contributed by atoms with E-state index in [1.165, 1.54) is 23.3 Å². The molecule has 128 valence electrons. The number of hydrogen-bond donors (Lipinski definition) is 1. The smallest absolute Gasteiger partial charge is 0.317 e. The summed E-state index contributed by atoms with van der Waals surface area (Å²) in [5, 5.41) is 2.98. The first kappa shape index (κ1) is 18.1. The fourth-order valence-electron chi connectivity index (χ4n) is 2.63. The molecule has 1 N–H and O–H groups in total. The van der Waals surface area contributed by atoms with Gasteiger partial charge in [0, 0.05) is 37.4 Å². The predicted octanol–water partition coefficient (Wildman–Crippen LogP) is 3.69. The summed E-state index contributed by atoms with van der Waals surface area (Å²) in [6.07, 6.45) is 4.83. The van der Waals surface area contributed by atoms with Crippen LogP contribution >= 0.6 is 11.8 Å². The standard InChI is InChI=1S/C18H28N2O2S/c1-15-7-9-17(10-8-15)23-14-11-19-18(21)20(2)12-3-5-16-6-4-13-22-16/h7-10,16H,3-6,11-14H2,1-2H3,(H,19,21)/t16-/m0/s1. The fraction of sp³-hybridized carbons (Fsp3) is 0.611. The fourth-order valence-corrected chi connectivity index (χ4v) is 3.39. The van der Waals surface area contributed by atoms with Crippen LogP contribution in [0.15, 0.2) is 29.2 Å². The first-order valence-electron chi connectivity index (χ1n) is 8.45. The second-order valence-electron chi connectivity index (χ2n) is 6.09. The summed E-state index contributed by atoms with van der Waals surface area (Å²) in [5.74, 6) is 0.887. The Hall–Kier alpha value is -1.20. The lowest BCUT2D eigenvalue weighted by Gasteiger charge is -2.18. The van der Waals surface area contributed by atoms with E-state index in [2.05, 4.69) is 36.5 Å². The van der Waals surface area contributed by atoms with Gasteiger partial charge in [0.25, 0.3) is 0 Å². The number of aryl methyl sites for hydroxylation is 1. The summed E-state index contributed by atoms with van der Waals surface area (Å²) in [6, 6.07) is 8.49.